The molecule has 122 valence electrons. The lowest BCUT2D eigenvalue weighted by Gasteiger charge is -2.13. The minimum atomic E-state index is -0.379. The van der Waals surface area contributed by atoms with Gasteiger partial charge in [0.05, 0.1) is 11.1 Å². The van der Waals surface area contributed by atoms with Gasteiger partial charge in [-0.2, -0.15) is 0 Å². The van der Waals surface area contributed by atoms with E-state index in [1.54, 1.807) is 36.4 Å². The highest BCUT2D eigenvalue weighted by molar-refractivity contribution is 6.21. The Morgan fingerprint density at radius 1 is 0.958 bits per heavy atom. The van der Waals surface area contributed by atoms with E-state index in [0.717, 1.165) is 5.56 Å². The maximum absolute atomic E-state index is 12.2. The van der Waals surface area contributed by atoms with E-state index in [0.29, 0.717) is 23.3 Å². The second kappa shape index (κ2) is 6.66. The fourth-order valence-corrected chi connectivity index (χ4v) is 2.61. The number of esters is 1. The highest BCUT2D eigenvalue weighted by atomic mass is 16.5. The Labute approximate surface area is 139 Å². The van der Waals surface area contributed by atoms with Gasteiger partial charge in [-0.15, -0.1) is 0 Å². The van der Waals surface area contributed by atoms with Crippen molar-refractivity contribution in [3.63, 3.8) is 0 Å². The summed E-state index contributed by atoms with van der Waals surface area (Å²) >= 11 is 0. The number of benzene rings is 2. The van der Waals surface area contributed by atoms with Crippen LogP contribution in [0.1, 0.15) is 39.1 Å². The molecule has 0 aliphatic carbocycles. The molecule has 2 amide bonds. The lowest BCUT2D eigenvalue weighted by Crippen LogP contribution is -2.31. The Morgan fingerprint density at radius 2 is 1.54 bits per heavy atom. The van der Waals surface area contributed by atoms with E-state index in [1.165, 1.54) is 4.90 Å². The topological polar surface area (TPSA) is 63.7 Å². The number of hydrogen-bond donors (Lipinski definition) is 0. The van der Waals surface area contributed by atoms with Crippen LogP contribution in [0.5, 0.6) is 5.75 Å². The van der Waals surface area contributed by atoms with Crippen molar-refractivity contribution in [2.75, 3.05) is 6.54 Å². The number of rotatable bonds is 5. The number of aryl methyl sites for hydroxylation is 1. The zero-order valence-corrected chi connectivity index (χ0v) is 13.3. The molecular formula is C19H17NO4. The number of ether oxygens (including phenoxy) is 1. The third-order valence-corrected chi connectivity index (χ3v) is 3.89. The van der Waals surface area contributed by atoms with Gasteiger partial charge in [-0.25, -0.2) is 0 Å². The second-order valence-corrected chi connectivity index (χ2v) is 5.70. The van der Waals surface area contributed by atoms with Crippen LogP contribution in [0.3, 0.4) is 0 Å². The van der Waals surface area contributed by atoms with Gasteiger partial charge in [0, 0.05) is 13.0 Å². The van der Waals surface area contributed by atoms with Crippen molar-refractivity contribution < 1.29 is 19.1 Å². The summed E-state index contributed by atoms with van der Waals surface area (Å²) in [5, 5.41) is 0. The molecule has 1 heterocycles. The Morgan fingerprint density at radius 3 is 2.12 bits per heavy atom. The zero-order valence-electron chi connectivity index (χ0n) is 13.3. The van der Waals surface area contributed by atoms with Crippen molar-refractivity contribution in [3.8, 4) is 5.75 Å². The van der Waals surface area contributed by atoms with Crippen LogP contribution in [0.4, 0.5) is 0 Å². The van der Waals surface area contributed by atoms with E-state index < -0.39 is 0 Å². The molecule has 24 heavy (non-hydrogen) atoms. The smallest absolute Gasteiger partial charge is 0.311 e. The van der Waals surface area contributed by atoms with Crippen molar-refractivity contribution in [2.24, 2.45) is 0 Å². The number of fused-ring (bicyclic) bond motifs is 1. The monoisotopic (exact) mass is 323 g/mol. The van der Waals surface area contributed by atoms with E-state index >= 15 is 0 Å². The van der Waals surface area contributed by atoms with E-state index in [9.17, 15) is 14.4 Å². The van der Waals surface area contributed by atoms with Gasteiger partial charge in [0.25, 0.3) is 11.8 Å². The molecule has 2 aromatic carbocycles. The summed E-state index contributed by atoms with van der Waals surface area (Å²) in [7, 11) is 0. The Kier molecular flexibility index (Phi) is 4.42. The fraction of sp³-hybridized carbons (Fsp3) is 0.211. The molecule has 0 atom stereocenters. The maximum atomic E-state index is 12.2. The highest BCUT2D eigenvalue weighted by Crippen LogP contribution is 2.22. The predicted molar refractivity (Wildman–Crippen MR) is 87.9 cm³/mol. The Hall–Kier alpha value is -2.95. The molecule has 0 spiro atoms. The molecule has 0 unspecified atom stereocenters. The van der Waals surface area contributed by atoms with Gasteiger partial charge in [0.2, 0.25) is 0 Å². The molecule has 3 rings (SSSR count). The molecule has 0 bridgehead atoms. The summed E-state index contributed by atoms with van der Waals surface area (Å²) in [6, 6.07) is 13.9. The van der Waals surface area contributed by atoms with E-state index in [2.05, 4.69) is 0 Å². The molecular weight excluding hydrogens is 306 g/mol. The fourth-order valence-electron chi connectivity index (χ4n) is 2.61. The number of nitrogens with zero attached hydrogens (tertiary/aromatic N) is 1. The number of hydrogen-bond acceptors (Lipinski definition) is 4. The molecule has 0 aromatic heterocycles. The SMILES string of the molecule is Cc1ccc(OC(=O)CCCN2C(=O)c3ccccc3C2=O)cc1. The number of amides is 2. The lowest BCUT2D eigenvalue weighted by molar-refractivity contribution is -0.134. The van der Waals surface area contributed by atoms with Crippen LogP contribution in [0.15, 0.2) is 48.5 Å². The van der Waals surface area contributed by atoms with Gasteiger partial charge >= 0.3 is 5.97 Å². The van der Waals surface area contributed by atoms with Crippen molar-refractivity contribution in [1.29, 1.82) is 0 Å². The van der Waals surface area contributed by atoms with E-state index in [-0.39, 0.29) is 30.7 Å². The predicted octanol–water partition coefficient (Wildman–Crippen LogP) is 2.98. The number of carbonyl (C=O) groups excluding carboxylic acids is 3. The first-order chi connectivity index (χ1) is 11.6. The summed E-state index contributed by atoms with van der Waals surface area (Å²) in [5.41, 5.74) is 1.93. The Bertz CT molecular complexity index is 760. The Balaban J connectivity index is 1.52. The van der Waals surface area contributed by atoms with Crippen molar-refractivity contribution in [2.45, 2.75) is 19.8 Å². The third-order valence-electron chi connectivity index (χ3n) is 3.89. The van der Waals surface area contributed by atoms with Crippen molar-refractivity contribution in [1.82, 2.24) is 4.90 Å². The van der Waals surface area contributed by atoms with Gasteiger partial charge < -0.3 is 4.74 Å². The summed E-state index contributed by atoms with van der Waals surface area (Å²) < 4.78 is 5.22. The van der Waals surface area contributed by atoms with Crippen molar-refractivity contribution >= 4 is 17.8 Å². The molecule has 5 heteroatoms. The van der Waals surface area contributed by atoms with Gasteiger partial charge in [-0.3, -0.25) is 19.3 Å². The third kappa shape index (κ3) is 3.20. The number of carbonyl (C=O) groups is 3. The van der Waals surface area contributed by atoms with Crippen LogP contribution in [0.25, 0.3) is 0 Å². The van der Waals surface area contributed by atoms with Crippen molar-refractivity contribution in [3.05, 3.63) is 65.2 Å². The molecule has 0 N–H and O–H groups in total. The molecule has 0 fully saturated rings. The lowest BCUT2D eigenvalue weighted by atomic mass is 10.1. The van der Waals surface area contributed by atoms with Crippen LogP contribution >= 0.6 is 0 Å². The summed E-state index contributed by atoms with van der Waals surface area (Å²) in [6.45, 7) is 2.16. The zero-order chi connectivity index (χ0) is 17.1. The molecule has 0 saturated heterocycles. The summed E-state index contributed by atoms with van der Waals surface area (Å²) in [5.74, 6) is -0.494. The number of imide groups is 1. The molecule has 0 saturated carbocycles. The normalized spacial score (nSPS) is 13.1. The van der Waals surface area contributed by atoms with Crippen LogP contribution in [-0.4, -0.2) is 29.2 Å². The quantitative estimate of drug-likeness (QED) is 0.482. The minimum Gasteiger partial charge on any atom is -0.427 e. The second-order valence-electron chi connectivity index (χ2n) is 5.70. The van der Waals surface area contributed by atoms with Crippen LogP contribution in [-0.2, 0) is 4.79 Å². The molecule has 1 aliphatic rings. The largest absolute Gasteiger partial charge is 0.427 e. The van der Waals surface area contributed by atoms with Gasteiger partial charge in [0.15, 0.2) is 0 Å². The van der Waals surface area contributed by atoms with Gasteiger partial charge in [-0.1, -0.05) is 29.8 Å². The van der Waals surface area contributed by atoms with Gasteiger partial charge in [-0.05, 0) is 37.6 Å². The average Bonchev–Trinajstić information content (AvgIpc) is 2.82. The van der Waals surface area contributed by atoms with Crippen LogP contribution in [0.2, 0.25) is 0 Å². The average molecular weight is 323 g/mol. The highest BCUT2D eigenvalue weighted by Gasteiger charge is 2.34. The molecule has 5 nitrogen and oxygen atoms in total. The molecule has 2 aromatic rings. The summed E-state index contributed by atoms with van der Waals surface area (Å²) in [4.78, 5) is 37.4. The molecule has 0 radical (unpaired) electrons. The van der Waals surface area contributed by atoms with E-state index in [1.807, 2.05) is 19.1 Å². The van der Waals surface area contributed by atoms with Gasteiger partial charge in [0.1, 0.15) is 5.75 Å². The summed E-state index contributed by atoms with van der Waals surface area (Å²) in [6.07, 6.45) is 0.511. The standard InChI is InChI=1S/C19H17NO4/c1-13-8-10-14(11-9-13)24-17(21)7-4-12-20-18(22)15-5-2-3-6-16(15)19(20)23/h2-3,5-6,8-11H,4,7,12H2,1H3. The van der Waals surface area contributed by atoms with Crippen LogP contribution < -0.4 is 4.74 Å². The molecule has 1 aliphatic heterocycles. The van der Waals surface area contributed by atoms with Crippen LogP contribution in [0, 0.1) is 6.92 Å². The maximum Gasteiger partial charge on any atom is 0.311 e. The first kappa shape index (κ1) is 15.9. The minimum absolute atomic E-state index is 0.140. The first-order valence-corrected chi connectivity index (χ1v) is 7.79. The first-order valence-electron chi connectivity index (χ1n) is 7.79. The van der Waals surface area contributed by atoms with E-state index in [4.69, 9.17) is 4.74 Å².